The van der Waals surface area contributed by atoms with Gasteiger partial charge in [0.2, 0.25) is 0 Å². The minimum Gasteiger partial charge on any atom is -0.459 e. The van der Waals surface area contributed by atoms with Gasteiger partial charge in [0.1, 0.15) is 29.7 Å². The lowest BCUT2D eigenvalue weighted by Crippen LogP contribution is -2.61. The van der Waals surface area contributed by atoms with Crippen molar-refractivity contribution in [2.75, 3.05) is 34.4 Å². The molecule has 4 aliphatic heterocycles. The number of likely N-dealkylation sites (tertiary alicyclic amines) is 1. The molecule has 74 heavy (non-hydrogen) atoms. The Labute approximate surface area is 436 Å². The Bertz CT molecular complexity index is 2170. The summed E-state index contributed by atoms with van der Waals surface area (Å²) in [5, 5.41) is 67.0. The summed E-state index contributed by atoms with van der Waals surface area (Å²) in [6.45, 7) is 19.8. The van der Waals surface area contributed by atoms with Crippen LogP contribution in [0.25, 0.3) is 0 Å². The third-order valence-electron chi connectivity index (χ3n) is 16.9. The minimum atomic E-state index is -2.01. The summed E-state index contributed by atoms with van der Waals surface area (Å²) in [6, 6.07) is 6.48. The van der Waals surface area contributed by atoms with Gasteiger partial charge < -0.3 is 58.5 Å². The first-order chi connectivity index (χ1) is 34.8. The molecular formula is C53H86N6O15. The maximum atomic E-state index is 14.5. The van der Waals surface area contributed by atoms with Crippen LogP contribution in [0.4, 0.5) is 5.69 Å². The summed E-state index contributed by atoms with van der Waals surface area (Å²) in [7, 11) is 4.93. The fraction of sp³-hybridized carbons (Fsp3) is 0.811. The number of benzene rings is 1. The fourth-order valence-electron chi connectivity index (χ4n) is 12.0. The zero-order valence-corrected chi connectivity index (χ0v) is 45.9. The van der Waals surface area contributed by atoms with Crippen molar-refractivity contribution in [2.45, 2.75) is 218 Å². The van der Waals surface area contributed by atoms with E-state index in [1.165, 1.54) is 33.3 Å². The van der Waals surface area contributed by atoms with Crippen molar-refractivity contribution < 1.29 is 68.1 Å². The topological polar surface area (TPSA) is 260 Å². The first-order valence-corrected chi connectivity index (χ1v) is 26.6. The van der Waals surface area contributed by atoms with E-state index >= 15 is 0 Å². The number of non-ortho nitro benzene ring substituents is 1. The molecule has 2 aromatic rings. The highest BCUT2D eigenvalue weighted by Crippen LogP contribution is 2.42. The zero-order chi connectivity index (χ0) is 54.6. The normalized spacial score (nSPS) is 40.2. The molecule has 4 N–H and O–H groups in total. The second kappa shape index (κ2) is 24.8. The molecule has 21 heteroatoms. The molecule has 6 rings (SSSR count). The Balaban J connectivity index is 1.24. The molecule has 21 nitrogen and oxygen atoms in total. The first-order valence-electron chi connectivity index (χ1n) is 26.6. The average molecular weight is 1050 g/mol. The number of nitro benzene ring substituents is 1. The smallest absolute Gasteiger partial charge is 0.311 e. The monoisotopic (exact) mass is 1050 g/mol. The van der Waals surface area contributed by atoms with E-state index in [4.69, 9.17) is 33.2 Å². The predicted molar refractivity (Wildman–Crippen MR) is 270 cm³/mol. The van der Waals surface area contributed by atoms with Gasteiger partial charge in [0.15, 0.2) is 12.6 Å². The molecular weight excluding hydrogens is 961 g/mol. The van der Waals surface area contributed by atoms with Crippen molar-refractivity contribution in [3.05, 3.63) is 51.8 Å². The number of carbonyl (C=O) groups is 2. The van der Waals surface area contributed by atoms with E-state index in [-0.39, 0.29) is 42.9 Å². The molecule has 4 aliphatic rings. The highest BCUT2D eigenvalue weighted by atomic mass is 16.7. The number of ether oxygens (including phenoxy) is 7. The summed E-state index contributed by atoms with van der Waals surface area (Å²) in [5.74, 6) is -4.77. The van der Waals surface area contributed by atoms with E-state index in [1.807, 2.05) is 31.8 Å². The summed E-state index contributed by atoms with van der Waals surface area (Å²) >= 11 is 0. The number of rotatable bonds is 16. The second-order valence-electron chi connectivity index (χ2n) is 22.5. The van der Waals surface area contributed by atoms with E-state index in [1.54, 1.807) is 60.6 Å². The van der Waals surface area contributed by atoms with E-state index in [0.29, 0.717) is 32.5 Å². The summed E-state index contributed by atoms with van der Waals surface area (Å²) in [6.07, 6.45) is -5.15. The SMILES string of the molecule is CC[C@H]1OC(=O)[C@H](C)[C@@H](O[C@H]2C[C@@](C)(OC)[C@@H](O)[C@H](C)O2)[C@H](C)[C@@H](O[C@H]2O[C@H](C)C[C@H](N(C)CCc3cn(C[C@H]4CCCN4Cc4ccc([N+](=O)[O-])cc4)nn3)[C@H]2O)[C@](C)(OC)C[C@@H](C)C(=O)[C@@H](C)[C@@H](O)[C@]1(C)O. The van der Waals surface area contributed by atoms with E-state index < -0.39 is 113 Å². The lowest BCUT2D eigenvalue weighted by atomic mass is 9.74. The lowest BCUT2D eigenvalue weighted by Gasteiger charge is -2.50. The molecule has 0 aliphatic carbocycles. The molecule has 4 saturated heterocycles. The molecule has 1 aromatic carbocycles. The van der Waals surface area contributed by atoms with E-state index in [9.17, 15) is 40.1 Å². The molecule has 1 aromatic heterocycles. The molecule has 0 amide bonds. The molecule has 4 fully saturated rings. The molecule has 0 saturated carbocycles. The van der Waals surface area contributed by atoms with Crippen LogP contribution in [-0.2, 0) is 62.3 Å². The Morgan fingerprint density at radius 1 is 0.932 bits per heavy atom. The number of aliphatic hydroxyl groups excluding tert-OH is 3. The second-order valence-corrected chi connectivity index (χ2v) is 22.5. The van der Waals surface area contributed by atoms with Gasteiger partial charge in [-0.2, -0.15) is 0 Å². The number of hydrogen-bond acceptors (Lipinski definition) is 19. The molecule has 0 spiro atoms. The van der Waals surface area contributed by atoms with E-state index in [0.717, 1.165) is 30.6 Å². The van der Waals surface area contributed by atoms with Gasteiger partial charge in [-0.25, -0.2) is 0 Å². The van der Waals surface area contributed by atoms with Crippen LogP contribution in [0.3, 0.4) is 0 Å². The molecule has 0 radical (unpaired) electrons. The van der Waals surface area contributed by atoms with Crippen molar-refractivity contribution >= 4 is 17.4 Å². The van der Waals surface area contributed by atoms with Crippen molar-refractivity contribution in [3.8, 4) is 0 Å². The van der Waals surface area contributed by atoms with Crippen molar-refractivity contribution in [1.29, 1.82) is 0 Å². The molecule has 418 valence electrons. The number of hydrogen-bond donors (Lipinski definition) is 4. The molecule has 19 atom stereocenters. The number of esters is 1. The number of nitrogens with zero attached hydrogens (tertiary/aromatic N) is 6. The summed E-state index contributed by atoms with van der Waals surface area (Å²) < 4.78 is 46.7. The highest BCUT2D eigenvalue weighted by molar-refractivity contribution is 5.83. The van der Waals surface area contributed by atoms with Crippen LogP contribution >= 0.6 is 0 Å². The van der Waals surface area contributed by atoms with Gasteiger partial charge >= 0.3 is 5.97 Å². The van der Waals surface area contributed by atoms with Gasteiger partial charge in [-0.1, -0.05) is 45.0 Å². The number of Topliss-reactive ketones (excluding diaryl/α,β-unsaturated/α-hetero) is 1. The minimum absolute atomic E-state index is 0.0607. The number of aliphatic hydroxyl groups is 4. The number of cyclic esters (lactones) is 1. The maximum absolute atomic E-state index is 14.5. The number of methoxy groups -OCH3 is 2. The third-order valence-corrected chi connectivity index (χ3v) is 16.9. The third kappa shape index (κ3) is 13.4. The number of nitro groups is 1. The quantitative estimate of drug-likeness (QED) is 0.104. The van der Waals surface area contributed by atoms with Gasteiger partial charge in [-0.05, 0) is 92.8 Å². The Morgan fingerprint density at radius 2 is 1.61 bits per heavy atom. The number of carbonyl (C=O) groups excluding carboxylic acids is 2. The average Bonchev–Trinajstić information content (AvgIpc) is 4.02. The Kier molecular flexibility index (Phi) is 20.0. The van der Waals surface area contributed by atoms with Gasteiger partial charge in [0.05, 0.1) is 64.8 Å². The van der Waals surface area contributed by atoms with Crippen molar-refractivity contribution in [1.82, 2.24) is 24.8 Å². The highest BCUT2D eigenvalue weighted by Gasteiger charge is 2.54. The van der Waals surface area contributed by atoms with Gasteiger partial charge in [0, 0.05) is 88.3 Å². The summed E-state index contributed by atoms with van der Waals surface area (Å²) in [5.41, 5.74) is -2.55. The van der Waals surface area contributed by atoms with Gasteiger partial charge in [-0.3, -0.25) is 29.3 Å². The van der Waals surface area contributed by atoms with Gasteiger partial charge in [-0.15, -0.1) is 5.10 Å². The van der Waals surface area contributed by atoms with Crippen LogP contribution in [0, 0.1) is 33.8 Å². The van der Waals surface area contributed by atoms with Crippen LogP contribution < -0.4 is 0 Å². The van der Waals surface area contributed by atoms with Crippen molar-refractivity contribution in [2.24, 2.45) is 23.7 Å². The van der Waals surface area contributed by atoms with Gasteiger partial charge in [0.25, 0.3) is 5.69 Å². The van der Waals surface area contributed by atoms with Crippen LogP contribution in [0.2, 0.25) is 0 Å². The zero-order valence-electron chi connectivity index (χ0n) is 45.9. The predicted octanol–water partition coefficient (Wildman–Crippen LogP) is 4.22. The van der Waals surface area contributed by atoms with Crippen LogP contribution in [0.5, 0.6) is 0 Å². The number of aromatic nitrogens is 3. The standard InChI is InChI=1S/C53H86N6O15/c1-14-41-53(10,65)46(62)32(4)43(60)30(2)25-52(9,69-13)48(33(5)45(34(6)49(64)72-41)73-42-26-51(8,68-12)47(63)35(7)71-42)74-50-44(61)40(24-31(3)70-50)56(11)23-21-37-28-58(55-54-37)29-39-16-15-22-57(39)27-36-17-19-38(20-18-36)59(66)67/h17-20,28,30-35,39-42,44-48,50,61-63,65H,14-16,21-27,29H2,1-13H3/t30-,31-,32-,33+,34-,35+,39-,40+,41-,42+,44-,45+,46-,47+,48-,50-,51-,52-,53-/m1/s1. The summed E-state index contributed by atoms with van der Waals surface area (Å²) in [4.78, 5) is 44.0. The fourth-order valence-corrected chi connectivity index (χ4v) is 12.0. The van der Waals surface area contributed by atoms with Crippen LogP contribution in [0.15, 0.2) is 30.5 Å². The molecule has 0 bridgehead atoms. The number of likely N-dealkylation sites (N-methyl/N-ethyl adjacent to an activating group) is 1. The Hall–Kier alpha value is -3.58. The largest absolute Gasteiger partial charge is 0.459 e. The van der Waals surface area contributed by atoms with Crippen LogP contribution in [0.1, 0.15) is 119 Å². The lowest BCUT2D eigenvalue weighted by molar-refractivity contribution is -0.384. The molecule has 0 unspecified atom stereocenters. The van der Waals surface area contributed by atoms with E-state index in [2.05, 4.69) is 20.1 Å². The van der Waals surface area contributed by atoms with Crippen molar-refractivity contribution in [3.63, 3.8) is 0 Å². The maximum Gasteiger partial charge on any atom is 0.311 e. The number of ketones is 1. The van der Waals surface area contributed by atoms with Crippen LogP contribution in [-0.4, -0.2) is 187 Å². The first kappa shape index (κ1) is 59.7. The Morgan fingerprint density at radius 3 is 2.24 bits per heavy atom. The molecule has 5 heterocycles.